The quantitative estimate of drug-likeness (QED) is 0.329. The Morgan fingerprint density at radius 1 is 0.978 bits per heavy atom. The van der Waals surface area contributed by atoms with Crippen LogP contribution >= 0.6 is 0 Å². The molecule has 0 unspecified atom stereocenters. The Kier molecular flexibility index (Phi) is 11.2. The molecular formula is C33H37N7O6. The van der Waals surface area contributed by atoms with Crippen molar-refractivity contribution in [3.05, 3.63) is 88.8 Å². The highest BCUT2D eigenvalue weighted by molar-refractivity contribution is 5.98. The van der Waals surface area contributed by atoms with Gasteiger partial charge in [0.2, 0.25) is 17.7 Å². The van der Waals surface area contributed by atoms with Crippen molar-refractivity contribution in [1.29, 1.82) is 5.26 Å². The van der Waals surface area contributed by atoms with Gasteiger partial charge in [0.15, 0.2) is 11.5 Å². The van der Waals surface area contributed by atoms with Crippen LogP contribution in [0, 0.1) is 17.2 Å². The first-order valence-corrected chi connectivity index (χ1v) is 15.0. The first kappa shape index (κ1) is 33.4. The van der Waals surface area contributed by atoms with Gasteiger partial charge in [0.05, 0.1) is 23.7 Å². The minimum Gasteiger partial charge on any atom is -0.359 e. The molecule has 1 aliphatic rings. The molecule has 240 valence electrons. The van der Waals surface area contributed by atoms with Gasteiger partial charge in [-0.3, -0.25) is 24.0 Å². The second kappa shape index (κ2) is 15.5. The van der Waals surface area contributed by atoms with Crippen molar-refractivity contribution in [3.63, 3.8) is 0 Å². The first-order chi connectivity index (χ1) is 22.0. The molecule has 46 heavy (non-hydrogen) atoms. The van der Waals surface area contributed by atoms with Crippen molar-refractivity contribution in [2.24, 2.45) is 5.92 Å². The molecule has 5 amide bonds. The van der Waals surface area contributed by atoms with Gasteiger partial charge in [0, 0.05) is 25.6 Å². The molecule has 1 aliphatic heterocycles. The number of rotatable bonds is 5. The molecule has 0 aliphatic carbocycles. The summed E-state index contributed by atoms with van der Waals surface area (Å²) in [5.74, 6) is -2.64. The summed E-state index contributed by atoms with van der Waals surface area (Å²) in [5, 5.41) is 24.3. The maximum atomic E-state index is 13.6. The van der Waals surface area contributed by atoms with E-state index in [-0.39, 0.29) is 61.0 Å². The maximum Gasteiger partial charge on any atom is 0.274 e. The van der Waals surface area contributed by atoms with E-state index in [1.54, 1.807) is 12.1 Å². The highest BCUT2D eigenvalue weighted by Gasteiger charge is 2.30. The van der Waals surface area contributed by atoms with Crippen molar-refractivity contribution in [3.8, 4) is 6.07 Å². The monoisotopic (exact) mass is 627 g/mol. The smallest absolute Gasteiger partial charge is 0.274 e. The Morgan fingerprint density at radius 2 is 1.67 bits per heavy atom. The zero-order valence-electron chi connectivity index (χ0n) is 25.9. The fraction of sp³-hybridized carbons (Fsp3) is 0.364. The van der Waals surface area contributed by atoms with Crippen LogP contribution in [0.15, 0.2) is 65.2 Å². The number of aromatic nitrogens is 1. The van der Waals surface area contributed by atoms with Gasteiger partial charge in [-0.25, -0.2) is 0 Å². The predicted molar refractivity (Wildman–Crippen MR) is 166 cm³/mol. The molecule has 0 radical (unpaired) electrons. The predicted octanol–water partition coefficient (Wildman–Crippen LogP) is 1.70. The lowest BCUT2D eigenvalue weighted by Crippen LogP contribution is -2.57. The number of nitrogens with one attached hydrogen (secondary N) is 4. The second-order valence-corrected chi connectivity index (χ2v) is 11.5. The average Bonchev–Trinajstić information content (AvgIpc) is 3.51. The third-order valence-corrected chi connectivity index (χ3v) is 7.38. The largest absolute Gasteiger partial charge is 0.359 e. The molecule has 3 atom stereocenters. The molecule has 3 aromatic rings. The van der Waals surface area contributed by atoms with Crippen LogP contribution in [0.1, 0.15) is 64.9 Å². The number of nitrogens with zero attached hydrogens (tertiary/aromatic N) is 3. The lowest BCUT2D eigenvalue weighted by molar-refractivity contribution is -0.132. The van der Waals surface area contributed by atoms with Crippen LogP contribution in [0.4, 0.5) is 0 Å². The first-order valence-electron chi connectivity index (χ1n) is 15.0. The Balaban J connectivity index is 1.67. The summed E-state index contributed by atoms with van der Waals surface area (Å²) in [4.78, 5) is 68.1. The van der Waals surface area contributed by atoms with E-state index in [9.17, 15) is 29.2 Å². The summed E-state index contributed by atoms with van der Waals surface area (Å²) >= 11 is 0. The van der Waals surface area contributed by atoms with Gasteiger partial charge in [-0.05, 0) is 37.0 Å². The van der Waals surface area contributed by atoms with E-state index in [0.717, 1.165) is 5.56 Å². The zero-order chi connectivity index (χ0) is 33.2. The van der Waals surface area contributed by atoms with E-state index in [1.165, 1.54) is 30.0 Å². The Hall–Kier alpha value is -5.51. The minimum absolute atomic E-state index is 0.00162. The zero-order valence-corrected chi connectivity index (χ0v) is 25.9. The number of amides is 5. The normalized spacial score (nSPS) is 20.0. The molecule has 2 bridgehead atoms. The molecule has 1 aromatic heterocycles. The van der Waals surface area contributed by atoms with Gasteiger partial charge in [-0.2, -0.15) is 5.26 Å². The van der Waals surface area contributed by atoms with Gasteiger partial charge in [0.1, 0.15) is 18.1 Å². The number of carbonyl (C=O) groups excluding carboxylic acids is 5. The van der Waals surface area contributed by atoms with E-state index in [1.807, 2.05) is 50.2 Å². The highest BCUT2D eigenvalue weighted by atomic mass is 16.5. The third-order valence-electron chi connectivity index (χ3n) is 7.38. The van der Waals surface area contributed by atoms with E-state index in [4.69, 9.17) is 4.52 Å². The number of nitriles is 1. The minimum atomic E-state index is -1.04. The molecular weight excluding hydrogens is 590 g/mol. The SMILES string of the molecule is CC(C)C[C@H]1NC(=O)[C@@H](C)NC(=O)c2cc(on2)CN(C(=O)c2ccccc2C#N)CCNC(=O)[C@@H](Cc2ccccc2)NC1=O. The molecule has 2 aromatic carbocycles. The van der Waals surface area contributed by atoms with Crippen LogP contribution in [0.3, 0.4) is 0 Å². The lowest BCUT2D eigenvalue weighted by Gasteiger charge is -2.26. The van der Waals surface area contributed by atoms with E-state index >= 15 is 0 Å². The van der Waals surface area contributed by atoms with Crippen molar-refractivity contribution in [2.75, 3.05) is 13.1 Å². The summed E-state index contributed by atoms with van der Waals surface area (Å²) in [6, 6.07) is 15.8. The molecule has 0 saturated carbocycles. The van der Waals surface area contributed by atoms with E-state index < -0.39 is 47.7 Å². The highest BCUT2D eigenvalue weighted by Crippen LogP contribution is 2.15. The van der Waals surface area contributed by atoms with Crippen LogP contribution in [0.25, 0.3) is 0 Å². The molecule has 2 heterocycles. The van der Waals surface area contributed by atoms with Gasteiger partial charge in [-0.1, -0.05) is 61.5 Å². The van der Waals surface area contributed by atoms with Gasteiger partial charge < -0.3 is 30.7 Å². The summed E-state index contributed by atoms with van der Waals surface area (Å²) in [5.41, 5.74) is 1.01. The van der Waals surface area contributed by atoms with Gasteiger partial charge in [0.25, 0.3) is 11.8 Å². The van der Waals surface area contributed by atoms with Crippen molar-refractivity contribution >= 4 is 29.5 Å². The van der Waals surface area contributed by atoms with Crippen LogP contribution in [0.5, 0.6) is 0 Å². The topological polar surface area (TPSA) is 187 Å². The Labute approximate surface area is 266 Å². The summed E-state index contributed by atoms with van der Waals surface area (Å²) in [6.07, 6.45) is 0.456. The van der Waals surface area contributed by atoms with Crippen LogP contribution in [-0.2, 0) is 27.3 Å². The molecule has 0 fully saturated rings. The Bertz CT molecular complexity index is 1610. The fourth-order valence-electron chi connectivity index (χ4n) is 4.98. The van der Waals surface area contributed by atoms with Crippen LogP contribution in [0.2, 0.25) is 0 Å². The fourth-order valence-corrected chi connectivity index (χ4v) is 4.98. The third kappa shape index (κ3) is 8.78. The van der Waals surface area contributed by atoms with Crippen molar-refractivity contribution < 1.29 is 28.5 Å². The van der Waals surface area contributed by atoms with Crippen molar-refractivity contribution in [2.45, 2.75) is 58.3 Å². The van der Waals surface area contributed by atoms with E-state index in [2.05, 4.69) is 26.4 Å². The maximum absolute atomic E-state index is 13.6. The summed E-state index contributed by atoms with van der Waals surface area (Å²) < 4.78 is 5.35. The average molecular weight is 628 g/mol. The van der Waals surface area contributed by atoms with Gasteiger partial charge in [-0.15, -0.1) is 0 Å². The van der Waals surface area contributed by atoms with E-state index in [0.29, 0.717) is 0 Å². The second-order valence-electron chi connectivity index (χ2n) is 11.5. The summed E-state index contributed by atoms with van der Waals surface area (Å²) in [7, 11) is 0. The number of fused-ring (bicyclic) bond motifs is 2. The lowest BCUT2D eigenvalue weighted by atomic mass is 10.0. The molecule has 0 spiro atoms. The number of hydrogen-bond acceptors (Lipinski definition) is 8. The number of hydrogen-bond donors (Lipinski definition) is 4. The van der Waals surface area contributed by atoms with Crippen LogP contribution in [-0.4, -0.2) is 70.8 Å². The molecule has 13 nitrogen and oxygen atoms in total. The molecule has 4 rings (SSSR count). The number of carbonyl (C=O) groups is 5. The molecule has 0 saturated heterocycles. The molecule has 4 N–H and O–H groups in total. The van der Waals surface area contributed by atoms with Crippen molar-refractivity contribution in [1.82, 2.24) is 31.3 Å². The van der Waals surface area contributed by atoms with Gasteiger partial charge >= 0.3 is 0 Å². The molecule has 13 heteroatoms. The standard InChI is InChI=1S/C33H37N7O6/c1-20(2)15-26-31(43)38-27(16-22-9-5-4-6-10-22)30(42)35-13-14-40(33(45)25-12-8-7-11-23(25)18-34)19-24-17-28(39-46-24)32(44)36-21(3)29(41)37-26/h4-12,17,20-21,26-27H,13-16,19H2,1-3H3,(H,35,42)(H,36,44)(H,37,41)(H,38,43)/t21-,26-,27-/m1/s1. The summed E-state index contributed by atoms with van der Waals surface area (Å²) in [6.45, 7) is 5.12. The Morgan fingerprint density at radius 3 is 2.39 bits per heavy atom. The number of benzene rings is 2. The van der Waals surface area contributed by atoms with Crippen LogP contribution < -0.4 is 21.3 Å².